The Morgan fingerprint density at radius 2 is 1.58 bits per heavy atom. The molecule has 1 amide bonds. The summed E-state index contributed by atoms with van der Waals surface area (Å²) in [7, 11) is 0. The number of alkyl halides is 6. The lowest BCUT2D eigenvalue weighted by molar-refractivity contribution is -0.376. The first-order chi connectivity index (χ1) is 16.7. The molecule has 1 saturated heterocycles. The average Bonchev–Trinajstić information content (AvgIpc) is 3.25. The summed E-state index contributed by atoms with van der Waals surface area (Å²) in [5.74, 6) is -0.503. The zero-order chi connectivity index (χ0) is 26.9. The van der Waals surface area contributed by atoms with Crippen molar-refractivity contribution >= 4 is 12.0 Å². The molecule has 0 spiro atoms. The Labute approximate surface area is 204 Å². The number of benzene rings is 1. The van der Waals surface area contributed by atoms with Gasteiger partial charge in [0, 0.05) is 36.2 Å². The van der Waals surface area contributed by atoms with E-state index < -0.39 is 23.5 Å². The second-order valence-electron chi connectivity index (χ2n) is 9.00. The first kappa shape index (κ1) is 27.3. The van der Waals surface area contributed by atoms with E-state index in [0.717, 1.165) is 31.4 Å². The highest BCUT2D eigenvalue weighted by molar-refractivity contribution is 6.01. The Hall–Kier alpha value is -3.26. The maximum atomic E-state index is 13.2. The summed E-state index contributed by atoms with van der Waals surface area (Å²) in [6, 6.07) is 6.86. The summed E-state index contributed by atoms with van der Waals surface area (Å²) >= 11 is 0. The monoisotopic (exact) mass is 513 g/mol. The Morgan fingerprint density at radius 1 is 1.03 bits per heavy atom. The van der Waals surface area contributed by atoms with Crippen molar-refractivity contribution in [3.8, 4) is 11.8 Å². The van der Waals surface area contributed by atoms with E-state index in [-0.39, 0.29) is 23.1 Å². The predicted octanol–water partition coefficient (Wildman–Crippen LogP) is 5.83. The highest BCUT2D eigenvalue weighted by atomic mass is 19.4. The average molecular weight is 513 g/mol. The molecule has 1 aromatic carbocycles. The van der Waals surface area contributed by atoms with Crippen LogP contribution < -0.4 is 0 Å². The van der Waals surface area contributed by atoms with E-state index in [1.54, 1.807) is 21.7 Å². The number of halogens is 6. The Balaban J connectivity index is 2.00. The van der Waals surface area contributed by atoms with Crippen molar-refractivity contribution in [2.45, 2.75) is 57.0 Å². The number of rotatable bonds is 5. The number of nitriles is 1. The van der Waals surface area contributed by atoms with E-state index in [0.29, 0.717) is 36.5 Å². The van der Waals surface area contributed by atoms with Crippen LogP contribution in [0.5, 0.6) is 0 Å². The summed E-state index contributed by atoms with van der Waals surface area (Å²) in [5, 5.41) is 19.2. The zero-order valence-corrected chi connectivity index (χ0v) is 19.6. The van der Waals surface area contributed by atoms with E-state index in [1.807, 2.05) is 19.9 Å². The van der Waals surface area contributed by atoms with Crippen molar-refractivity contribution in [3.63, 3.8) is 0 Å². The van der Waals surface area contributed by atoms with Crippen LogP contribution in [0, 0.1) is 11.3 Å². The van der Waals surface area contributed by atoms with Gasteiger partial charge >= 0.3 is 12.4 Å². The third kappa shape index (κ3) is 5.14. The first-order valence-corrected chi connectivity index (χ1v) is 11.3. The second kappa shape index (κ2) is 10.0. The normalized spacial score (nSPS) is 15.8. The minimum atomic E-state index is -5.98. The van der Waals surface area contributed by atoms with Crippen LogP contribution in [0.3, 0.4) is 0 Å². The number of carbonyl (C=O) groups is 1. The molecule has 1 N–H and O–H groups in total. The fourth-order valence-electron chi connectivity index (χ4n) is 4.18. The Kier molecular flexibility index (Phi) is 7.60. The number of carbonyl (C=O) groups excluding carboxylic acids is 1. The van der Waals surface area contributed by atoms with Crippen LogP contribution in [0.2, 0.25) is 0 Å². The van der Waals surface area contributed by atoms with E-state index in [1.165, 1.54) is 6.08 Å². The van der Waals surface area contributed by atoms with Crippen LogP contribution in [-0.2, 0) is 10.4 Å². The van der Waals surface area contributed by atoms with Gasteiger partial charge in [0.15, 0.2) is 0 Å². The smallest absolute Gasteiger partial charge is 0.369 e. The number of amides is 1. The van der Waals surface area contributed by atoms with Gasteiger partial charge in [0.2, 0.25) is 0 Å². The van der Waals surface area contributed by atoms with E-state index >= 15 is 0 Å². The van der Waals surface area contributed by atoms with Gasteiger partial charge in [-0.2, -0.15) is 31.6 Å². The molecule has 0 atom stereocenters. The molecule has 0 bridgehead atoms. The molecule has 3 rings (SSSR count). The maximum Gasteiger partial charge on any atom is 0.430 e. The topological polar surface area (TPSA) is 69.3 Å². The standard InChI is InChI=1S/C25H25F6N3O2/c1-16(2)21-13-17(12-18(14-32)22(35)33-10-4-3-5-11-33)15-34(21)20-8-6-19(7-9-20)23(36,24(26,27)28)25(29,30)31/h6-9,12-13,15-16,36H,3-5,10-11H2,1-2H3/b18-12+. The van der Waals surface area contributed by atoms with Crippen molar-refractivity contribution in [2.75, 3.05) is 13.1 Å². The number of aliphatic hydroxyl groups is 1. The van der Waals surface area contributed by atoms with Crippen LogP contribution in [0.25, 0.3) is 11.8 Å². The van der Waals surface area contributed by atoms with Crippen LogP contribution in [0.4, 0.5) is 26.3 Å². The Bertz CT molecular complexity index is 1150. The van der Waals surface area contributed by atoms with Gasteiger partial charge in [-0.15, -0.1) is 0 Å². The third-order valence-corrected chi connectivity index (χ3v) is 6.15. The maximum absolute atomic E-state index is 13.2. The van der Waals surface area contributed by atoms with Gasteiger partial charge in [0.25, 0.3) is 11.5 Å². The Morgan fingerprint density at radius 3 is 2.06 bits per heavy atom. The molecule has 0 aliphatic carbocycles. The molecule has 0 saturated carbocycles. The van der Waals surface area contributed by atoms with E-state index in [2.05, 4.69) is 0 Å². The van der Waals surface area contributed by atoms with Crippen molar-refractivity contribution in [3.05, 3.63) is 58.9 Å². The molecule has 36 heavy (non-hydrogen) atoms. The summed E-state index contributed by atoms with van der Waals surface area (Å²) in [6.45, 7) is 4.79. The quantitative estimate of drug-likeness (QED) is 0.311. The summed E-state index contributed by atoms with van der Waals surface area (Å²) in [4.78, 5) is 14.4. The zero-order valence-electron chi connectivity index (χ0n) is 19.6. The minimum Gasteiger partial charge on any atom is -0.369 e. The number of hydrogen-bond donors (Lipinski definition) is 1. The molecule has 1 aliphatic rings. The lowest BCUT2D eigenvalue weighted by atomic mass is 9.92. The summed E-state index contributed by atoms with van der Waals surface area (Å²) in [5.41, 5.74) is -5.07. The molecule has 0 radical (unpaired) electrons. The second-order valence-corrected chi connectivity index (χ2v) is 9.00. The number of nitrogens with zero attached hydrogens (tertiary/aromatic N) is 3. The number of piperidine rings is 1. The van der Waals surface area contributed by atoms with Crippen LogP contribution in [-0.4, -0.2) is 45.9 Å². The SMILES string of the molecule is CC(C)c1cc(/C=C(\C#N)C(=O)N2CCCCC2)cn1-c1ccc(C(O)(C(F)(F)F)C(F)(F)F)cc1. The van der Waals surface area contributed by atoms with Gasteiger partial charge in [-0.05, 0) is 55.0 Å². The van der Waals surface area contributed by atoms with Crippen molar-refractivity contribution in [1.29, 1.82) is 5.26 Å². The fourth-order valence-corrected chi connectivity index (χ4v) is 4.18. The van der Waals surface area contributed by atoms with Gasteiger partial charge in [-0.1, -0.05) is 26.0 Å². The fraction of sp³-hybridized carbons (Fsp3) is 0.440. The lowest BCUT2D eigenvalue weighted by Crippen LogP contribution is -2.53. The van der Waals surface area contributed by atoms with Crippen LogP contribution in [0.1, 0.15) is 55.8 Å². The molecule has 11 heteroatoms. The molecule has 1 fully saturated rings. The summed E-state index contributed by atoms with van der Waals surface area (Å²) in [6.07, 6.45) is -6.27. The summed E-state index contributed by atoms with van der Waals surface area (Å²) < 4.78 is 80.7. The third-order valence-electron chi connectivity index (χ3n) is 6.15. The molecule has 2 aromatic rings. The molecule has 0 unspecified atom stereocenters. The highest BCUT2D eigenvalue weighted by Gasteiger charge is 2.71. The van der Waals surface area contributed by atoms with Gasteiger partial charge in [0.1, 0.15) is 11.6 Å². The van der Waals surface area contributed by atoms with Crippen LogP contribution >= 0.6 is 0 Å². The highest BCUT2D eigenvalue weighted by Crippen LogP contribution is 2.50. The number of likely N-dealkylation sites (tertiary alicyclic amines) is 1. The molecular weight excluding hydrogens is 488 g/mol. The molecule has 1 aromatic heterocycles. The van der Waals surface area contributed by atoms with Gasteiger partial charge in [-0.3, -0.25) is 4.79 Å². The number of aromatic nitrogens is 1. The predicted molar refractivity (Wildman–Crippen MR) is 120 cm³/mol. The molecule has 1 aliphatic heterocycles. The van der Waals surface area contributed by atoms with Crippen molar-refractivity contribution in [1.82, 2.24) is 9.47 Å². The molecule has 194 valence electrons. The van der Waals surface area contributed by atoms with Gasteiger partial charge in [-0.25, -0.2) is 0 Å². The molecular formula is C25H25F6N3O2. The van der Waals surface area contributed by atoms with E-state index in [9.17, 15) is 41.5 Å². The van der Waals surface area contributed by atoms with Gasteiger partial charge in [0.05, 0.1) is 0 Å². The minimum absolute atomic E-state index is 0.0693. The molecule has 5 nitrogen and oxygen atoms in total. The largest absolute Gasteiger partial charge is 0.430 e. The number of hydrogen-bond acceptors (Lipinski definition) is 3. The molecule has 2 heterocycles. The van der Waals surface area contributed by atoms with Crippen LogP contribution in [0.15, 0.2) is 42.1 Å². The van der Waals surface area contributed by atoms with Crippen molar-refractivity contribution < 1.29 is 36.2 Å². The van der Waals surface area contributed by atoms with Crippen molar-refractivity contribution in [2.24, 2.45) is 0 Å². The first-order valence-electron chi connectivity index (χ1n) is 11.3. The van der Waals surface area contributed by atoms with E-state index in [4.69, 9.17) is 0 Å². The van der Waals surface area contributed by atoms with Gasteiger partial charge < -0.3 is 14.6 Å². The lowest BCUT2D eigenvalue weighted by Gasteiger charge is -2.32.